The van der Waals surface area contributed by atoms with E-state index in [1.165, 1.54) is 18.5 Å². The van der Waals surface area contributed by atoms with Crippen LogP contribution in [0.1, 0.15) is 17.3 Å². The summed E-state index contributed by atoms with van der Waals surface area (Å²) in [6.45, 7) is 3.36. The molecule has 7 nitrogen and oxygen atoms in total. The molecule has 9 heteroatoms. The van der Waals surface area contributed by atoms with Gasteiger partial charge in [0, 0.05) is 31.4 Å². The molecule has 1 saturated heterocycles. The fourth-order valence-corrected chi connectivity index (χ4v) is 5.73. The number of hydrogen-bond donors (Lipinski definition) is 0. The lowest BCUT2D eigenvalue weighted by atomic mass is 10.1. The van der Waals surface area contributed by atoms with Crippen LogP contribution < -0.4 is 9.64 Å². The fourth-order valence-electron chi connectivity index (χ4n) is 3.40. The number of halogens is 1. The average Bonchev–Trinajstić information content (AvgIpc) is 2.72. The highest BCUT2D eigenvalue weighted by molar-refractivity contribution is 9.10. The number of rotatable bonds is 5. The van der Waals surface area contributed by atoms with E-state index < -0.39 is 10.0 Å². The molecule has 0 aliphatic carbocycles. The van der Waals surface area contributed by atoms with E-state index in [1.54, 1.807) is 30.3 Å². The zero-order valence-corrected chi connectivity index (χ0v) is 18.9. The quantitative estimate of drug-likeness (QED) is 0.609. The van der Waals surface area contributed by atoms with E-state index in [1.807, 2.05) is 19.1 Å². The lowest BCUT2D eigenvalue weighted by molar-refractivity contribution is 0.0600. The summed E-state index contributed by atoms with van der Waals surface area (Å²) in [6.07, 6.45) is 0. The van der Waals surface area contributed by atoms with Gasteiger partial charge >= 0.3 is 5.97 Å². The first kappa shape index (κ1) is 21.6. The Morgan fingerprint density at radius 2 is 1.79 bits per heavy atom. The summed E-state index contributed by atoms with van der Waals surface area (Å²) in [5.41, 5.74) is 1.42. The molecule has 156 valence electrons. The molecule has 1 heterocycles. The van der Waals surface area contributed by atoms with Gasteiger partial charge in [0.2, 0.25) is 10.0 Å². The van der Waals surface area contributed by atoms with Crippen LogP contribution in [0, 0.1) is 0 Å². The molecule has 2 aromatic rings. The van der Waals surface area contributed by atoms with Gasteiger partial charge in [0.05, 0.1) is 29.2 Å². The zero-order chi connectivity index (χ0) is 21.2. The highest BCUT2D eigenvalue weighted by Gasteiger charge is 2.34. The topological polar surface area (TPSA) is 76.2 Å². The molecule has 1 fully saturated rings. The van der Waals surface area contributed by atoms with Crippen LogP contribution in [0.5, 0.6) is 5.75 Å². The lowest BCUT2D eigenvalue weighted by Gasteiger charge is -2.40. The number of carbonyl (C=O) groups is 1. The summed E-state index contributed by atoms with van der Waals surface area (Å²) in [6, 6.07) is 11.7. The predicted molar refractivity (Wildman–Crippen MR) is 114 cm³/mol. The summed E-state index contributed by atoms with van der Waals surface area (Å²) < 4.78 is 38.3. The number of benzene rings is 2. The van der Waals surface area contributed by atoms with Crippen LogP contribution in [0.2, 0.25) is 0 Å². The lowest BCUT2D eigenvalue weighted by Crippen LogP contribution is -2.54. The highest BCUT2D eigenvalue weighted by atomic mass is 79.9. The summed E-state index contributed by atoms with van der Waals surface area (Å²) in [7, 11) is -0.745. The Balaban J connectivity index is 1.75. The molecule has 0 N–H and O–H groups in total. The molecule has 0 saturated carbocycles. The first-order valence-corrected chi connectivity index (χ1v) is 11.3. The molecule has 3 rings (SSSR count). The Bertz CT molecular complexity index is 994. The second-order valence-electron chi connectivity index (χ2n) is 6.75. The number of anilines is 1. The van der Waals surface area contributed by atoms with Crippen molar-refractivity contribution in [3.63, 3.8) is 0 Å². The predicted octanol–water partition coefficient (Wildman–Crippen LogP) is 3.14. The Hall–Kier alpha value is -2.10. The van der Waals surface area contributed by atoms with Crippen molar-refractivity contribution in [3.05, 3.63) is 52.5 Å². The third-order valence-corrected chi connectivity index (χ3v) is 7.58. The van der Waals surface area contributed by atoms with Gasteiger partial charge in [-0.2, -0.15) is 4.31 Å². The maximum absolute atomic E-state index is 13.1. The van der Waals surface area contributed by atoms with E-state index >= 15 is 0 Å². The zero-order valence-electron chi connectivity index (χ0n) is 16.5. The second kappa shape index (κ2) is 8.73. The van der Waals surface area contributed by atoms with Crippen molar-refractivity contribution in [2.24, 2.45) is 0 Å². The first-order chi connectivity index (χ1) is 13.8. The minimum absolute atomic E-state index is 0.213. The molecule has 1 unspecified atom stereocenters. The summed E-state index contributed by atoms with van der Waals surface area (Å²) >= 11 is 3.35. The van der Waals surface area contributed by atoms with Crippen LogP contribution in [0.4, 0.5) is 5.69 Å². The molecule has 1 atom stereocenters. The van der Waals surface area contributed by atoms with Crippen LogP contribution in [0.25, 0.3) is 0 Å². The average molecular weight is 483 g/mol. The number of carbonyl (C=O) groups excluding carboxylic acids is 1. The normalized spacial score (nSPS) is 17.8. The molecule has 0 spiro atoms. The largest absolute Gasteiger partial charge is 0.496 e. The fraction of sp³-hybridized carbons (Fsp3) is 0.350. The molecule has 29 heavy (non-hydrogen) atoms. The van der Waals surface area contributed by atoms with Gasteiger partial charge in [0.25, 0.3) is 0 Å². The Labute approximate surface area is 179 Å². The van der Waals surface area contributed by atoms with Crippen molar-refractivity contribution in [1.29, 1.82) is 0 Å². The van der Waals surface area contributed by atoms with Gasteiger partial charge in [-0.1, -0.05) is 0 Å². The van der Waals surface area contributed by atoms with E-state index in [2.05, 4.69) is 20.8 Å². The molecule has 1 aliphatic rings. The van der Waals surface area contributed by atoms with Gasteiger partial charge in [0.15, 0.2) is 0 Å². The van der Waals surface area contributed by atoms with E-state index in [9.17, 15) is 13.2 Å². The van der Waals surface area contributed by atoms with Gasteiger partial charge in [-0.15, -0.1) is 0 Å². The Morgan fingerprint density at radius 1 is 1.10 bits per heavy atom. The van der Waals surface area contributed by atoms with Crippen LogP contribution in [-0.4, -0.2) is 58.6 Å². The van der Waals surface area contributed by atoms with Crippen molar-refractivity contribution in [2.75, 3.05) is 38.8 Å². The number of nitrogens with zero attached hydrogens (tertiary/aromatic N) is 2. The highest BCUT2D eigenvalue weighted by Crippen LogP contribution is 2.30. The molecule has 0 radical (unpaired) electrons. The molecule has 0 bridgehead atoms. The molecule has 2 aromatic carbocycles. The number of ether oxygens (including phenoxy) is 2. The van der Waals surface area contributed by atoms with Gasteiger partial charge in [-0.25, -0.2) is 13.2 Å². The number of sulfonamides is 1. The number of piperazine rings is 1. The van der Waals surface area contributed by atoms with Gasteiger partial charge in [0.1, 0.15) is 5.75 Å². The smallest absolute Gasteiger partial charge is 0.337 e. The molecular formula is C20H23BrN2O5S. The van der Waals surface area contributed by atoms with Gasteiger partial charge in [-0.3, -0.25) is 0 Å². The molecule has 1 aliphatic heterocycles. The van der Waals surface area contributed by atoms with Crippen LogP contribution >= 0.6 is 15.9 Å². The molecule has 0 aromatic heterocycles. The summed E-state index contributed by atoms with van der Waals surface area (Å²) in [5, 5.41) is 0. The van der Waals surface area contributed by atoms with Crippen molar-refractivity contribution >= 4 is 37.6 Å². The van der Waals surface area contributed by atoms with Crippen molar-refractivity contribution in [1.82, 2.24) is 4.31 Å². The summed E-state index contributed by atoms with van der Waals surface area (Å²) in [4.78, 5) is 13.9. The van der Waals surface area contributed by atoms with E-state index in [-0.39, 0.29) is 16.9 Å². The number of methoxy groups -OCH3 is 2. The van der Waals surface area contributed by atoms with Gasteiger partial charge in [-0.05, 0) is 65.3 Å². The first-order valence-electron chi connectivity index (χ1n) is 9.06. The monoisotopic (exact) mass is 482 g/mol. The van der Waals surface area contributed by atoms with Crippen molar-refractivity contribution in [3.8, 4) is 5.75 Å². The molecule has 0 amide bonds. The second-order valence-corrected chi connectivity index (χ2v) is 9.49. The number of esters is 1. The van der Waals surface area contributed by atoms with Crippen molar-refractivity contribution < 1.29 is 22.7 Å². The van der Waals surface area contributed by atoms with Crippen LogP contribution in [0.3, 0.4) is 0 Å². The van der Waals surface area contributed by atoms with E-state index in [0.29, 0.717) is 35.4 Å². The van der Waals surface area contributed by atoms with E-state index in [4.69, 9.17) is 9.47 Å². The number of hydrogen-bond acceptors (Lipinski definition) is 6. The minimum Gasteiger partial charge on any atom is -0.496 e. The van der Waals surface area contributed by atoms with Crippen LogP contribution in [-0.2, 0) is 14.8 Å². The third-order valence-electron chi connectivity index (χ3n) is 4.95. The Morgan fingerprint density at radius 3 is 2.34 bits per heavy atom. The minimum atomic E-state index is -3.63. The standard InChI is InChI=1S/C20H23BrN2O5S/c1-14-13-22(16-6-4-15(5-7-16)20(24)28-3)10-11-23(14)29(25,26)17-8-9-19(27-2)18(21)12-17/h4-9,12,14H,10-11,13H2,1-3H3. The molecular weight excluding hydrogens is 460 g/mol. The third kappa shape index (κ3) is 4.41. The van der Waals surface area contributed by atoms with Crippen molar-refractivity contribution in [2.45, 2.75) is 17.9 Å². The SMILES string of the molecule is COC(=O)c1ccc(N2CCN(S(=O)(=O)c3ccc(OC)c(Br)c3)C(C)C2)cc1. The maximum atomic E-state index is 13.1. The Kier molecular flexibility index (Phi) is 6.50. The maximum Gasteiger partial charge on any atom is 0.337 e. The van der Waals surface area contributed by atoms with Gasteiger partial charge < -0.3 is 14.4 Å². The van der Waals surface area contributed by atoms with E-state index in [0.717, 1.165) is 5.69 Å². The summed E-state index contributed by atoms with van der Waals surface area (Å²) in [5.74, 6) is 0.198. The van der Waals surface area contributed by atoms with Crippen LogP contribution in [0.15, 0.2) is 51.8 Å².